The van der Waals surface area contributed by atoms with Crippen molar-refractivity contribution in [1.82, 2.24) is 10.6 Å². The van der Waals surface area contributed by atoms with Gasteiger partial charge in [-0.15, -0.1) is 0 Å². The molecule has 0 radical (unpaired) electrons. The monoisotopic (exact) mass is 296 g/mol. The van der Waals surface area contributed by atoms with Gasteiger partial charge >= 0.3 is 0 Å². The van der Waals surface area contributed by atoms with E-state index in [0.717, 1.165) is 12.8 Å². The fraction of sp³-hybridized carbons (Fsp3) is 0.467. The van der Waals surface area contributed by atoms with Crippen molar-refractivity contribution in [1.29, 1.82) is 0 Å². The van der Waals surface area contributed by atoms with E-state index < -0.39 is 0 Å². The second-order valence-electron chi connectivity index (χ2n) is 4.57. The molecule has 2 N–H and O–H groups in total. The number of rotatable bonds is 7. The molecule has 1 rings (SSSR count). The number of amides is 2. The minimum Gasteiger partial charge on any atom is -0.353 e. The van der Waals surface area contributed by atoms with Gasteiger partial charge in [-0.3, -0.25) is 9.59 Å². The first-order valence-corrected chi connectivity index (χ1v) is 7.28. The maximum absolute atomic E-state index is 11.9. The minimum atomic E-state index is -0.258. The standard InChI is InChI=1S/C15H21ClN2O2/c1-3-11(4-2)18-14(19)9-10-17-15(20)12-7-5-6-8-13(12)16/h5-8,11H,3-4,9-10H2,1-2H3,(H,17,20)(H,18,19). The van der Waals surface area contributed by atoms with E-state index in [9.17, 15) is 9.59 Å². The van der Waals surface area contributed by atoms with Gasteiger partial charge in [0.05, 0.1) is 10.6 Å². The molecule has 5 heteroatoms. The lowest BCUT2D eigenvalue weighted by atomic mass is 10.1. The Bertz CT molecular complexity index is 459. The van der Waals surface area contributed by atoms with Crippen molar-refractivity contribution >= 4 is 23.4 Å². The molecule has 0 atom stereocenters. The van der Waals surface area contributed by atoms with Crippen molar-refractivity contribution in [3.8, 4) is 0 Å². The van der Waals surface area contributed by atoms with Crippen LogP contribution in [0.25, 0.3) is 0 Å². The molecule has 1 aromatic carbocycles. The van der Waals surface area contributed by atoms with Crippen molar-refractivity contribution in [2.45, 2.75) is 39.2 Å². The van der Waals surface area contributed by atoms with E-state index in [4.69, 9.17) is 11.6 Å². The summed E-state index contributed by atoms with van der Waals surface area (Å²) in [5.41, 5.74) is 0.426. The average molecular weight is 297 g/mol. The van der Waals surface area contributed by atoms with Crippen LogP contribution in [0, 0.1) is 0 Å². The van der Waals surface area contributed by atoms with Crippen LogP contribution in [-0.4, -0.2) is 24.4 Å². The maximum Gasteiger partial charge on any atom is 0.252 e. The summed E-state index contributed by atoms with van der Waals surface area (Å²) < 4.78 is 0. The summed E-state index contributed by atoms with van der Waals surface area (Å²) in [5.74, 6) is -0.302. The van der Waals surface area contributed by atoms with Gasteiger partial charge in [0, 0.05) is 19.0 Å². The minimum absolute atomic E-state index is 0.0434. The van der Waals surface area contributed by atoms with E-state index in [2.05, 4.69) is 10.6 Å². The summed E-state index contributed by atoms with van der Waals surface area (Å²) in [6.07, 6.45) is 2.09. The van der Waals surface area contributed by atoms with Crippen molar-refractivity contribution in [3.63, 3.8) is 0 Å². The Morgan fingerprint density at radius 2 is 1.85 bits per heavy atom. The molecular weight excluding hydrogens is 276 g/mol. The Labute approximate surface area is 124 Å². The number of carbonyl (C=O) groups excluding carboxylic acids is 2. The van der Waals surface area contributed by atoms with Crippen LogP contribution >= 0.6 is 11.6 Å². The van der Waals surface area contributed by atoms with E-state index in [-0.39, 0.29) is 24.3 Å². The van der Waals surface area contributed by atoms with Crippen LogP contribution < -0.4 is 10.6 Å². The molecule has 1 aromatic rings. The van der Waals surface area contributed by atoms with Crippen molar-refractivity contribution in [3.05, 3.63) is 34.9 Å². The number of carbonyl (C=O) groups is 2. The van der Waals surface area contributed by atoms with E-state index in [1.54, 1.807) is 24.3 Å². The summed E-state index contributed by atoms with van der Waals surface area (Å²) in [4.78, 5) is 23.5. The van der Waals surface area contributed by atoms with Crippen LogP contribution in [0.5, 0.6) is 0 Å². The van der Waals surface area contributed by atoms with Crippen LogP contribution in [-0.2, 0) is 4.79 Å². The Hall–Kier alpha value is -1.55. The first kappa shape index (κ1) is 16.5. The molecule has 2 amide bonds. The zero-order valence-electron chi connectivity index (χ0n) is 11.9. The molecule has 0 aliphatic carbocycles. The van der Waals surface area contributed by atoms with Gasteiger partial charge in [-0.2, -0.15) is 0 Å². The molecule has 0 aliphatic rings. The van der Waals surface area contributed by atoms with Crippen LogP contribution in [0.3, 0.4) is 0 Å². The van der Waals surface area contributed by atoms with Gasteiger partial charge in [0.2, 0.25) is 5.91 Å². The van der Waals surface area contributed by atoms with E-state index in [1.807, 2.05) is 13.8 Å². The molecule has 0 aromatic heterocycles. The second kappa shape index (κ2) is 8.59. The molecule has 0 spiro atoms. The molecule has 0 fully saturated rings. The fourth-order valence-electron chi connectivity index (χ4n) is 1.82. The van der Waals surface area contributed by atoms with Crippen LogP contribution in [0.4, 0.5) is 0 Å². The van der Waals surface area contributed by atoms with Crippen molar-refractivity contribution in [2.24, 2.45) is 0 Å². The Morgan fingerprint density at radius 1 is 1.20 bits per heavy atom. The zero-order chi connectivity index (χ0) is 15.0. The normalized spacial score (nSPS) is 10.4. The largest absolute Gasteiger partial charge is 0.353 e. The van der Waals surface area contributed by atoms with Gasteiger partial charge in [-0.05, 0) is 25.0 Å². The molecule has 110 valence electrons. The third-order valence-corrected chi connectivity index (χ3v) is 3.44. The zero-order valence-corrected chi connectivity index (χ0v) is 12.7. The van der Waals surface area contributed by atoms with Crippen LogP contribution in [0.1, 0.15) is 43.5 Å². The highest BCUT2D eigenvalue weighted by atomic mass is 35.5. The third-order valence-electron chi connectivity index (χ3n) is 3.11. The molecule has 0 heterocycles. The van der Waals surface area contributed by atoms with Gasteiger partial charge < -0.3 is 10.6 Å². The maximum atomic E-state index is 11.9. The molecule has 0 aliphatic heterocycles. The quantitative estimate of drug-likeness (QED) is 0.813. The van der Waals surface area contributed by atoms with Crippen molar-refractivity contribution in [2.75, 3.05) is 6.54 Å². The predicted molar refractivity (Wildman–Crippen MR) is 80.9 cm³/mol. The Balaban J connectivity index is 2.36. The predicted octanol–water partition coefficient (Wildman–Crippen LogP) is 2.76. The number of halogens is 1. The summed E-state index contributed by atoms with van der Waals surface area (Å²) in [6.45, 7) is 4.37. The average Bonchev–Trinajstić information content (AvgIpc) is 2.45. The highest BCUT2D eigenvalue weighted by Gasteiger charge is 2.11. The number of hydrogen-bond donors (Lipinski definition) is 2. The third kappa shape index (κ3) is 5.21. The first-order chi connectivity index (χ1) is 9.58. The summed E-state index contributed by atoms with van der Waals surface area (Å²) in [6, 6.07) is 7.04. The molecule has 20 heavy (non-hydrogen) atoms. The SMILES string of the molecule is CCC(CC)NC(=O)CCNC(=O)c1ccccc1Cl. The second-order valence-corrected chi connectivity index (χ2v) is 4.97. The lowest BCUT2D eigenvalue weighted by molar-refractivity contribution is -0.121. The van der Waals surface area contributed by atoms with Crippen LogP contribution in [0.15, 0.2) is 24.3 Å². The molecule has 0 bridgehead atoms. The molecule has 0 saturated carbocycles. The first-order valence-electron chi connectivity index (χ1n) is 6.90. The fourth-order valence-corrected chi connectivity index (χ4v) is 2.04. The van der Waals surface area contributed by atoms with Gasteiger partial charge in [-0.25, -0.2) is 0 Å². The van der Waals surface area contributed by atoms with Gasteiger partial charge in [0.15, 0.2) is 0 Å². The number of hydrogen-bond acceptors (Lipinski definition) is 2. The van der Waals surface area contributed by atoms with E-state index >= 15 is 0 Å². The number of nitrogens with one attached hydrogen (secondary N) is 2. The molecule has 0 saturated heterocycles. The number of benzene rings is 1. The summed E-state index contributed by atoms with van der Waals surface area (Å²) in [7, 11) is 0. The lowest BCUT2D eigenvalue weighted by Gasteiger charge is -2.14. The van der Waals surface area contributed by atoms with Gasteiger partial charge in [-0.1, -0.05) is 37.6 Å². The summed E-state index contributed by atoms with van der Waals surface area (Å²) >= 11 is 5.93. The summed E-state index contributed by atoms with van der Waals surface area (Å²) in [5, 5.41) is 6.03. The molecular formula is C15H21ClN2O2. The lowest BCUT2D eigenvalue weighted by Crippen LogP contribution is -2.36. The smallest absolute Gasteiger partial charge is 0.252 e. The van der Waals surface area contributed by atoms with E-state index in [1.165, 1.54) is 0 Å². The van der Waals surface area contributed by atoms with Crippen molar-refractivity contribution < 1.29 is 9.59 Å². The highest BCUT2D eigenvalue weighted by Crippen LogP contribution is 2.14. The van der Waals surface area contributed by atoms with Gasteiger partial charge in [0.1, 0.15) is 0 Å². The topological polar surface area (TPSA) is 58.2 Å². The molecule has 4 nitrogen and oxygen atoms in total. The van der Waals surface area contributed by atoms with E-state index in [0.29, 0.717) is 17.1 Å². The van der Waals surface area contributed by atoms with Gasteiger partial charge in [0.25, 0.3) is 5.91 Å². The Morgan fingerprint density at radius 3 is 2.45 bits per heavy atom. The Kier molecular flexibility index (Phi) is 7.09. The van der Waals surface area contributed by atoms with Crippen LogP contribution in [0.2, 0.25) is 5.02 Å². The highest BCUT2D eigenvalue weighted by molar-refractivity contribution is 6.33. The molecule has 0 unspecified atom stereocenters.